The average Bonchev–Trinajstić information content (AvgIpc) is 1.83. The molecule has 0 fully saturated rings. The van der Waals surface area contributed by atoms with Crippen LogP contribution in [0.15, 0.2) is 5.10 Å². The Morgan fingerprint density at radius 3 is 2.88 bits per heavy atom. The number of rotatable bonds is 3. The summed E-state index contributed by atoms with van der Waals surface area (Å²) in [5.41, 5.74) is 5.22. The second-order valence-corrected chi connectivity index (χ2v) is 2.17. The Hall–Kier alpha value is 0.160. The normalized spacial score (nSPS) is 10.4. The fourth-order valence-corrected chi connectivity index (χ4v) is 0.394. The van der Waals surface area contributed by atoms with Crippen molar-refractivity contribution in [3.63, 3.8) is 0 Å². The third kappa shape index (κ3) is 4.32. The molecule has 0 heterocycles. The van der Waals surface area contributed by atoms with Gasteiger partial charge in [-0.1, -0.05) is 22.6 Å². The smallest absolute Gasteiger partial charge is 0.0826 e. The maximum Gasteiger partial charge on any atom is 0.0826 e. The van der Waals surface area contributed by atoms with E-state index in [0.717, 1.165) is 4.43 Å². The molecule has 4 heteroatoms. The Balaban J connectivity index is 3.21. The van der Waals surface area contributed by atoms with E-state index < -0.39 is 0 Å². The first-order valence-corrected chi connectivity index (χ1v) is 3.83. The van der Waals surface area contributed by atoms with Crippen molar-refractivity contribution in [2.24, 2.45) is 10.8 Å². The summed E-state index contributed by atoms with van der Waals surface area (Å²) in [5, 5.41) is 5.62. The van der Waals surface area contributed by atoms with Gasteiger partial charge in [-0.25, -0.2) is 0 Å². The molecule has 0 saturated carbocycles. The molecule has 0 bridgehead atoms. The summed E-state index contributed by atoms with van der Waals surface area (Å²) in [6.45, 7) is 0.479. The Morgan fingerprint density at radius 1 is 1.88 bits per heavy atom. The molecular weight excluding hydrogens is 217 g/mol. The van der Waals surface area contributed by atoms with E-state index in [0.29, 0.717) is 6.67 Å². The van der Waals surface area contributed by atoms with Crippen LogP contribution in [0.25, 0.3) is 0 Å². The van der Waals surface area contributed by atoms with Crippen molar-refractivity contribution in [2.75, 3.05) is 18.1 Å². The van der Waals surface area contributed by atoms with Crippen molar-refractivity contribution in [3.05, 3.63) is 0 Å². The van der Waals surface area contributed by atoms with Crippen molar-refractivity contribution in [1.82, 2.24) is 5.01 Å². The number of hydrogen-bond donors (Lipinski definition) is 1. The summed E-state index contributed by atoms with van der Waals surface area (Å²) < 4.78 is 0.933. The predicted molar refractivity (Wildman–Crippen MR) is 44.2 cm³/mol. The maximum atomic E-state index is 5.22. The summed E-state index contributed by atoms with van der Waals surface area (Å²) in [7, 11) is 1.84. The summed E-state index contributed by atoms with van der Waals surface area (Å²) in [6, 6.07) is 0. The quantitative estimate of drug-likeness (QED) is 0.247. The molecule has 8 heavy (non-hydrogen) atoms. The molecule has 0 amide bonds. The number of nitrogens with two attached hydrogens (primary N) is 1. The lowest BCUT2D eigenvalue weighted by Gasteiger charge is -2.06. The lowest BCUT2D eigenvalue weighted by atomic mass is 10.9. The van der Waals surface area contributed by atoms with E-state index in [1.807, 2.05) is 13.3 Å². The largest absolute Gasteiger partial charge is 0.313 e. The summed E-state index contributed by atoms with van der Waals surface area (Å²) in [6.07, 6.45) is 1.81. The fraction of sp³-hybridized carbons (Fsp3) is 0.750. The van der Waals surface area contributed by atoms with Crippen LogP contribution < -0.4 is 5.73 Å². The lowest BCUT2D eigenvalue weighted by molar-refractivity contribution is 0.368. The van der Waals surface area contributed by atoms with Crippen LogP contribution in [-0.2, 0) is 0 Å². The van der Waals surface area contributed by atoms with Gasteiger partial charge in [0.1, 0.15) is 0 Å². The minimum Gasteiger partial charge on any atom is -0.313 e. The zero-order chi connectivity index (χ0) is 6.41. The molecule has 0 unspecified atom stereocenters. The van der Waals surface area contributed by atoms with Crippen molar-refractivity contribution in [2.45, 2.75) is 0 Å². The SMILES string of the molecule is CN(CN)/N=C\CI. The van der Waals surface area contributed by atoms with E-state index in [-0.39, 0.29) is 0 Å². The molecule has 0 saturated heterocycles. The minimum atomic E-state index is 0.479. The molecule has 3 nitrogen and oxygen atoms in total. The van der Waals surface area contributed by atoms with Gasteiger partial charge in [-0.05, 0) is 0 Å². The van der Waals surface area contributed by atoms with Crippen molar-refractivity contribution in [1.29, 1.82) is 0 Å². The van der Waals surface area contributed by atoms with Gasteiger partial charge < -0.3 is 5.73 Å². The van der Waals surface area contributed by atoms with Crippen LogP contribution in [0.4, 0.5) is 0 Å². The van der Waals surface area contributed by atoms with Crippen LogP contribution in [0.5, 0.6) is 0 Å². The molecule has 0 aromatic carbocycles. The first-order valence-electron chi connectivity index (χ1n) is 2.31. The Morgan fingerprint density at radius 2 is 2.50 bits per heavy atom. The zero-order valence-corrected chi connectivity index (χ0v) is 7.00. The lowest BCUT2D eigenvalue weighted by Crippen LogP contribution is -2.19. The molecule has 0 aliphatic heterocycles. The highest BCUT2D eigenvalue weighted by Gasteiger charge is 1.79. The van der Waals surface area contributed by atoms with E-state index >= 15 is 0 Å². The molecule has 0 aliphatic rings. The Kier molecular flexibility index (Phi) is 5.41. The Bertz CT molecular complexity index is 73.7. The van der Waals surface area contributed by atoms with E-state index in [1.165, 1.54) is 0 Å². The molecule has 0 atom stereocenters. The first kappa shape index (κ1) is 8.16. The van der Waals surface area contributed by atoms with Gasteiger partial charge in [-0.3, -0.25) is 5.01 Å². The number of halogens is 1. The van der Waals surface area contributed by atoms with Crippen LogP contribution in [0, 0.1) is 0 Å². The van der Waals surface area contributed by atoms with Gasteiger partial charge in [0.05, 0.1) is 6.67 Å². The second-order valence-electron chi connectivity index (χ2n) is 1.29. The third-order valence-corrected chi connectivity index (χ3v) is 1.01. The Labute approximate surface area is 63.1 Å². The van der Waals surface area contributed by atoms with E-state index in [1.54, 1.807) is 5.01 Å². The maximum absolute atomic E-state index is 5.22. The number of hydrazone groups is 1. The zero-order valence-electron chi connectivity index (χ0n) is 4.84. The van der Waals surface area contributed by atoms with Crippen molar-refractivity contribution >= 4 is 28.8 Å². The van der Waals surface area contributed by atoms with Crippen molar-refractivity contribution < 1.29 is 0 Å². The number of nitrogens with zero attached hydrogens (tertiary/aromatic N) is 2. The fourth-order valence-electron chi connectivity index (χ4n) is 0.217. The molecule has 48 valence electrons. The molecule has 0 aromatic rings. The standard InChI is InChI=1S/C4H10IN3/c1-8(4-6)7-3-2-5/h3H,2,4,6H2,1H3/b7-3-. The van der Waals surface area contributed by atoms with E-state index in [4.69, 9.17) is 5.73 Å². The van der Waals surface area contributed by atoms with Crippen LogP contribution in [0.1, 0.15) is 0 Å². The van der Waals surface area contributed by atoms with Gasteiger partial charge in [-0.2, -0.15) is 5.10 Å². The molecule has 0 aliphatic carbocycles. The van der Waals surface area contributed by atoms with Crippen LogP contribution >= 0.6 is 22.6 Å². The number of alkyl halides is 1. The minimum absolute atomic E-state index is 0.479. The predicted octanol–water partition coefficient (Wildman–Crippen LogP) is 0.255. The first-order chi connectivity index (χ1) is 3.81. The highest BCUT2D eigenvalue weighted by Crippen LogP contribution is 1.78. The molecule has 0 spiro atoms. The third-order valence-electron chi connectivity index (χ3n) is 0.612. The highest BCUT2D eigenvalue weighted by molar-refractivity contribution is 14.1. The summed E-state index contributed by atoms with van der Waals surface area (Å²) >= 11 is 2.22. The van der Waals surface area contributed by atoms with Crippen LogP contribution in [0.2, 0.25) is 0 Å². The van der Waals surface area contributed by atoms with Gasteiger partial charge in [0.2, 0.25) is 0 Å². The van der Waals surface area contributed by atoms with E-state index in [2.05, 4.69) is 27.7 Å². The molecule has 0 aromatic heterocycles. The molecule has 2 N–H and O–H groups in total. The van der Waals surface area contributed by atoms with Gasteiger partial charge in [0, 0.05) is 17.7 Å². The molecular formula is C4H10IN3. The van der Waals surface area contributed by atoms with Crippen LogP contribution in [0.3, 0.4) is 0 Å². The van der Waals surface area contributed by atoms with Gasteiger partial charge in [0.15, 0.2) is 0 Å². The van der Waals surface area contributed by atoms with Gasteiger partial charge in [-0.15, -0.1) is 0 Å². The summed E-state index contributed by atoms with van der Waals surface area (Å²) in [5.74, 6) is 0. The average molecular weight is 227 g/mol. The van der Waals surface area contributed by atoms with E-state index in [9.17, 15) is 0 Å². The topological polar surface area (TPSA) is 41.6 Å². The molecule has 0 rings (SSSR count). The van der Waals surface area contributed by atoms with Crippen LogP contribution in [-0.4, -0.2) is 29.4 Å². The summed E-state index contributed by atoms with van der Waals surface area (Å²) in [4.78, 5) is 0. The second kappa shape index (κ2) is 5.30. The van der Waals surface area contributed by atoms with Crippen molar-refractivity contribution in [3.8, 4) is 0 Å². The monoisotopic (exact) mass is 227 g/mol. The number of hydrogen-bond acceptors (Lipinski definition) is 3. The van der Waals surface area contributed by atoms with Gasteiger partial charge >= 0.3 is 0 Å². The van der Waals surface area contributed by atoms with Gasteiger partial charge in [0.25, 0.3) is 0 Å². The molecule has 0 radical (unpaired) electrons. The highest BCUT2D eigenvalue weighted by atomic mass is 127.